The second-order valence-corrected chi connectivity index (χ2v) is 9.46. The van der Waals surface area contributed by atoms with Gasteiger partial charge in [-0.25, -0.2) is 9.59 Å². The monoisotopic (exact) mass is 538 g/mol. The molecule has 0 saturated carbocycles. The first-order valence-electron chi connectivity index (χ1n) is 13.0. The summed E-state index contributed by atoms with van der Waals surface area (Å²) in [5.41, 5.74) is 2.61. The fraction of sp³-hybridized carbons (Fsp3) is 0.407. The Morgan fingerprint density at radius 3 is 2.56 bits per heavy atom. The van der Waals surface area contributed by atoms with E-state index in [4.69, 9.17) is 4.74 Å². The summed E-state index contributed by atoms with van der Waals surface area (Å²) < 4.78 is 5.08. The normalized spacial score (nSPS) is 18.2. The van der Waals surface area contributed by atoms with E-state index >= 15 is 0 Å². The van der Waals surface area contributed by atoms with Crippen molar-refractivity contribution in [3.8, 4) is 0 Å². The van der Waals surface area contributed by atoms with Gasteiger partial charge in [-0.05, 0) is 36.6 Å². The minimum absolute atomic E-state index is 0.0116. The van der Waals surface area contributed by atoms with E-state index in [1.807, 2.05) is 42.5 Å². The van der Waals surface area contributed by atoms with Crippen molar-refractivity contribution in [2.75, 3.05) is 36.4 Å². The highest BCUT2D eigenvalue weighted by Gasteiger charge is 2.27. The van der Waals surface area contributed by atoms with E-state index in [-0.39, 0.29) is 25.0 Å². The molecule has 12 nitrogen and oxygen atoms in total. The van der Waals surface area contributed by atoms with Crippen molar-refractivity contribution >= 4 is 35.3 Å². The number of rotatable bonds is 9. The number of amides is 2. The first-order chi connectivity index (χ1) is 18.9. The Balaban J connectivity index is 1.21. The molecule has 2 aromatic rings. The Labute approximate surface area is 226 Å². The average molecular weight is 539 g/mol. The van der Waals surface area contributed by atoms with E-state index in [2.05, 4.69) is 31.2 Å². The lowest BCUT2D eigenvalue weighted by atomic mass is 9.95. The number of aliphatic hydroxyl groups excluding tert-OH is 1. The van der Waals surface area contributed by atoms with Crippen molar-refractivity contribution in [2.45, 2.75) is 38.1 Å². The maximum Gasteiger partial charge on any atom is 0.408 e. The molecule has 12 heteroatoms. The fourth-order valence-corrected chi connectivity index (χ4v) is 4.42. The molecule has 2 aromatic carbocycles. The Bertz CT molecular complexity index is 1170. The quantitative estimate of drug-likeness (QED) is 0.277. The zero-order valence-corrected chi connectivity index (χ0v) is 21.5. The van der Waals surface area contributed by atoms with Gasteiger partial charge >= 0.3 is 12.1 Å². The lowest BCUT2D eigenvalue weighted by Crippen LogP contribution is -2.50. The van der Waals surface area contributed by atoms with Crippen LogP contribution in [0.15, 0.2) is 59.6 Å². The van der Waals surface area contributed by atoms with Crippen molar-refractivity contribution in [1.82, 2.24) is 16.0 Å². The lowest BCUT2D eigenvalue weighted by Gasteiger charge is -2.33. The van der Waals surface area contributed by atoms with Crippen molar-refractivity contribution in [3.05, 3.63) is 60.2 Å². The zero-order valence-electron chi connectivity index (χ0n) is 21.5. The number of hydrogen-bond acceptors (Lipinski definition) is 9. The summed E-state index contributed by atoms with van der Waals surface area (Å²) in [5, 5.41) is 30.3. The highest BCUT2D eigenvalue weighted by molar-refractivity contribution is 5.94. The predicted molar refractivity (Wildman–Crippen MR) is 145 cm³/mol. The largest absolute Gasteiger partial charge is 0.480 e. The van der Waals surface area contributed by atoms with Gasteiger partial charge in [0.05, 0.1) is 0 Å². The number of guanidine groups is 1. The molecule has 2 aliphatic rings. The molecule has 1 unspecified atom stereocenters. The third-order valence-electron chi connectivity index (χ3n) is 6.60. The Kier molecular flexibility index (Phi) is 9.57. The number of nitrogens with zero attached hydrogens (tertiary/aromatic N) is 2. The van der Waals surface area contributed by atoms with Crippen LogP contribution in [0.4, 0.5) is 16.2 Å². The second-order valence-electron chi connectivity index (χ2n) is 9.46. The van der Waals surface area contributed by atoms with E-state index < -0.39 is 24.3 Å². The van der Waals surface area contributed by atoms with Gasteiger partial charge in [0.1, 0.15) is 18.9 Å². The standard InChI is InChI=1S/C27H34N6O6/c34-23-9-12-28-26(32-23)30-20-7-4-8-21(15-20)33-13-10-19(11-14-33)24(35)29-16-22(25(36)37)31-27(38)39-17-18-5-2-1-3-6-18/h1-8,15,19,22-23,34H,9-14,16-17H2,(H,29,35)(H,31,38)(H,36,37)(H2,28,30,32)/t22-,23?/m0/s1. The molecule has 0 aliphatic carbocycles. The lowest BCUT2D eigenvalue weighted by molar-refractivity contribution is -0.139. The van der Waals surface area contributed by atoms with Crippen molar-refractivity contribution in [1.29, 1.82) is 0 Å². The number of benzene rings is 2. The van der Waals surface area contributed by atoms with Crippen molar-refractivity contribution in [2.24, 2.45) is 10.9 Å². The number of carbonyl (C=O) groups excluding carboxylic acids is 2. The number of carbonyl (C=O) groups is 3. The zero-order chi connectivity index (χ0) is 27.6. The van der Waals surface area contributed by atoms with Gasteiger partial charge in [0, 0.05) is 49.9 Å². The number of nitrogens with one attached hydrogen (secondary N) is 4. The van der Waals surface area contributed by atoms with Crippen LogP contribution in [-0.4, -0.2) is 72.6 Å². The molecule has 2 aliphatic heterocycles. The van der Waals surface area contributed by atoms with Gasteiger partial charge < -0.3 is 41.1 Å². The SMILES string of the molecule is O=C(N[C@@H](CNC(=O)C1CCN(c2cccc(NC3=NCCC(O)N3)c2)CC1)C(=O)O)OCc1ccccc1. The molecule has 39 heavy (non-hydrogen) atoms. The van der Waals surface area contributed by atoms with E-state index in [9.17, 15) is 24.6 Å². The summed E-state index contributed by atoms with van der Waals surface area (Å²) in [7, 11) is 0. The molecule has 2 heterocycles. The van der Waals surface area contributed by atoms with Gasteiger partial charge in [-0.15, -0.1) is 0 Å². The molecule has 0 bridgehead atoms. The van der Waals surface area contributed by atoms with Crippen LogP contribution in [0.2, 0.25) is 0 Å². The molecule has 1 saturated heterocycles. The van der Waals surface area contributed by atoms with Crippen molar-refractivity contribution in [3.63, 3.8) is 0 Å². The van der Waals surface area contributed by atoms with Gasteiger partial charge in [0.2, 0.25) is 5.91 Å². The molecular formula is C27H34N6O6. The average Bonchev–Trinajstić information content (AvgIpc) is 2.94. The summed E-state index contributed by atoms with van der Waals surface area (Å²) in [4.78, 5) is 42.9. The Hall–Kier alpha value is -4.32. The number of hydrogen-bond donors (Lipinski definition) is 6. The first-order valence-corrected chi connectivity index (χ1v) is 13.0. The first kappa shape index (κ1) is 27.7. The number of alkyl carbamates (subject to hydrolysis) is 1. The number of aliphatic carboxylic acids is 1. The molecule has 2 atom stereocenters. The molecule has 2 amide bonds. The number of carboxylic acid groups (broad SMARTS) is 1. The number of aliphatic hydroxyl groups is 1. The number of aliphatic imine (C=N–C) groups is 1. The van der Waals surface area contributed by atoms with Crippen LogP contribution in [0.5, 0.6) is 0 Å². The molecule has 0 radical (unpaired) electrons. The van der Waals surface area contributed by atoms with Crippen LogP contribution in [0, 0.1) is 5.92 Å². The van der Waals surface area contributed by atoms with Crippen LogP contribution in [0.3, 0.4) is 0 Å². The van der Waals surface area contributed by atoms with Crippen LogP contribution >= 0.6 is 0 Å². The smallest absolute Gasteiger partial charge is 0.408 e. The minimum Gasteiger partial charge on any atom is -0.480 e. The Morgan fingerprint density at radius 2 is 1.85 bits per heavy atom. The van der Waals surface area contributed by atoms with Crippen molar-refractivity contribution < 1.29 is 29.3 Å². The van der Waals surface area contributed by atoms with Crippen LogP contribution in [0.25, 0.3) is 0 Å². The van der Waals surface area contributed by atoms with Gasteiger partial charge in [0.15, 0.2) is 5.96 Å². The number of carboxylic acids is 1. The fourth-order valence-electron chi connectivity index (χ4n) is 4.42. The van der Waals surface area contributed by atoms with E-state index in [1.54, 1.807) is 12.1 Å². The number of anilines is 2. The maximum absolute atomic E-state index is 12.7. The van der Waals surface area contributed by atoms with E-state index in [1.165, 1.54) is 0 Å². The van der Waals surface area contributed by atoms with Gasteiger partial charge in [0.25, 0.3) is 0 Å². The molecule has 1 fully saturated rings. The summed E-state index contributed by atoms with van der Waals surface area (Å²) in [6, 6.07) is 15.6. The van der Waals surface area contributed by atoms with Gasteiger partial charge in [-0.3, -0.25) is 9.79 Å². The third kappa shape index (κ3) is 8.34. The molecule has 0 aromatic heterocycles. The summed E-state index contributed by atoms with van der Waals surface area (Å²) >= 11 is 0. The molecule has 208 valence electrons. The molecule has 0 spiro atoms. The summed E-state index contributed by atoms with van der Waals surface area (Å²) in [5.74, 6) is -1.24. The minimum atomic E-state index is -1.31. The highest BCUT2D eigenvalue weighted by Crippen LogP contribution is 2.26. The van der Waals surface area contributed by atoms with Gasteiger partial charge in [-0.2, -0.15) is 0 Å². The Morgan fingerprint density at radius 1 is 1.08 bits per heavy atom. The topological polar surface area (TPSA) is 165 Å². The molecule has 6 N–H and O–H groups in total. The van der Waals surface area contributed by atoms with E-state index in [0.29, 0.717) is 44.9 Å². The van der Waals surface area contributed by atoms with Gasteiger partial charge in [-0.1, -0.05) is 36.4 Å². The van der Waals surface area contributed by atoms with Crippen LogP contribution in [-0.2, 0) is 20.9 Å². The third-order valence-corrected chi connectivity index (χ3v) is 6.60. The van der Waals surface area contributed by atoms with E-state index in [0.717, 1.165) is 16.9 Å². The second kappa shape index (κ2) is 13.5. The maximum atomic E-state index is 12.7. The molecular weight excluding hydrogens is 504 g/mol. The highest BCUT2D eigenvalue weighted by atomic mass is 16.5. The summed E-state index contributed by atoms with van der Waals surface area (Å²) in [6.45, 7) is 1.64. The van der Waals surface area contributed by atoms with Crippen LogP contribution < -0.4 is 26.2 Å². The van der Waals surface area contributed by atoms with Crippen LogP contribution in [0.1, 0.15) is 24.8 Å². The summed E-state index contributed by atoms with van der Waals surface area (Å²) in [6.07, 6.45) is 0.298. The number of ether oxygens (including phenoxy) is 1. The predicted octanol–water partition coefficient (Wildman–Crippen LogP) is 1.48. The molecule has 4 rings (SSSR count). The number of piperidine rings is 1.